The summed E-state index contributed by atoms with van der Waals surface area (Å²) in [5.41, 5.74) is 2.90. The van der Waals surface area contributed by atoms with Gasteiger partial charge in [-0.05, 0) is 29.7 Å². The molecule has 0 bridgehead atoms. The topological polar surface area (TPSA) is 81.2 Å². The van der Waals surface area contributed by atoms with Gasteiger partial charge in [-0.3, -0.25) is 4.72 Å². The van der Waals surface area contributed by atoms with Crippen LogP contribution in [0, 0.1) is 0 Å². The van der Waals surface area contributed by atoms with Gasteiger partial charge in [0.15, 0.2) is 5.82 Å². The molecule has 0 atom stereocenters. The van der Waals surface area contributed by atoms with Crippen LogP contribution in [0.25, 0.3) is 21.3 Å². The lowest BCUT2D eigenvalue weighted by Crippen LogP contribution is -2.14. The van der Waals surface area contributed by atoms with Crippen LogP contribution in [0.5, 0.6) is 0 Å². The molecule has 2 heterocycles. The fourth-order valence-corrected chi connectivity index (χ4v) is 4.96. The first-order chi connectivity index (χ1) is 14.1. The van der Waals surface area contributed by atoms with Gasteiger partial charge in [0.1, 0.15) is 11.2 Å². The normalized spacial score (nSPS) is 11.6. The molecule has 1 N–H and O–H groups in total. The zero-order valence-electron chi connectivity index (χ0n) is 15.7. The number of fused-ring (bicyclic) bond motifs is 1. The molecule has 0 saturated heterocycles. The zero-order valence-corrected chi connectivity index (χ0v) is 17.3. The first-order valence-electron chi connectivity index (χ1n) is 8.97. The summed E-state index contributed by atoms with van der Waals surface area (Å²) in [6.07, 6.45) is 2.10. The highest BCUT2D eigenvalue weighted by atomic mass is 32.2. The van der Waals surface area contributed by atoms with Gasteiger partial charge in [-0.2, -0.15) is 0 Å². The van der Waals surface area contributed by atoms with Crippen molar-refractivity contribution >= 4 is 37.4 Å². The highest BCUT2D eigenvalue weighted by Gasteiger charge is 2.19. The van der Waals surface area contributed by atoms with Gasteiger partial charge >= 0.3 is 0 Å². The molecule has 0 fully saturated rings. The third kappa shape index (κ3) is 4.14. The van der Waals surface area contributed by atoms with Gasteiger partial charge in [0, 0.05) is 18.1 Å². The lowest BCUT2D eigenvalue weighted by atomic mass is 10.1. The van der Waals surface area contributed by atoms with Crippen molar-refractivity contribution in [2.75, 3.05) is 18.4 Å². The highest BCUT2D eigenvalue weighted by Crippen LogP contribution is 2.37. The van der Waals surface area contributed by atoms with Gasteiger partial charge in [-0.1, -0.05) is 42.5 Å². The van der Waals surface area contributed by atoms with Crippen LogP contribution >= 0.6 is 11.3 Å². The zero-order chi connectivity index (χ0) is 20.3. The summed E-state index contributed by atoms with van der Waals surface area (Å²) >= 11 is 1.46. The summed E-state index contributed by atoms with van der Waals surface area (Å²) in [5.74, 6) is 0.276. The summed E-state index contributed by atoms with van der Waals surface area (Å²) in [5, 5.41) is 2.67. The van der Waals surface area contributed by atoms with Crippen LogP contribution in [-0.4, -0.2) is 32.1 Å². The molecule has 2 aromatic heterocycles. The molecule has 0 radical (unpaired) electrons. The molecule has 29 heavy (non-hydrogen) atoms. The summed E-state index contributed by atoms with van der Waals surface area (Å²) in [6.45, 7) is 0.587. The lowest BCUT2D eigenvalue weighted by molar-refractivity contribution is 0.202. The smallest absolute Gasteiger partial charge is 0.263 e. The molecule has 0 aliphatic rings. The van der Waals surface area contributed by atoms with Crippen LogP contribution in [0.15, 0.2) is 71.2 Å². The number of ether oxygens (including phenoxy) is 1. The van der Waals surface area contributed by atoms with Gasteiger partial charge in [-0.15, -0.1) is 11.3 Å². The molecule has 0 saturated carbocycles. The maximum absolute atomic E-state index is 12.9. The third-order valence-electron chi connectivity index (χ3n) is 4.51. The summed E-state index contributed by atoms with van der Waals surface area (Å²) in [6, 6.07) is 16.6. The number of nitrogens with one attached hydrogen (secondary N) is 1. The Morgan fingerprint density at radius 3 is 2.52 bits per heavy atom. The maximum Gasteiger partial charge on any atom is 0.263 e. The Morgan fingerprint density at radius 1 is 1.03 bits per heavy atom. The van der Waals surface area contributed by atoms with E-state index in [-0.39, 0.29) is 10.7 Å². The standard InChI is InChI=1S/C21H19N3O3S2/c1-27-12-11-15-7-9-17(10-8-15)29(25,26)24-20-19-18(16-5-3-2-4-6-16)13-28-21(19)23-14-22-20/h2-10,13-14H,11-12H2,1H3,(H,22,23,24). The van der Waals surface area contributed by atoms with Gasteiger partial charge in [0.25, 0.3) is 10.0 Å². The van der Waals surface area contributed by atoms with Gasteiger partial charge in [-0.25, -0.2) is 18.4 Å². The number of benzene rings is 2. The molecule has 4 aromatic rings. The van der Waals surface area contributed by atoms with E-state index >= 15 is 0 Å². The predicted molar refractivity (Wildman–Crippen MR) is 116 cm³/mol. The molecule has 0 amide bonds. The summed E-state index contributed by atoms with van der Waals surface area (Å²) in [4.78, 5) is 9.42. The number of aromatic nitrogens is 2. The summed E-state index contributed by atoms with van der Waals surface area (Å²) < 4.78 is 33.6. The van der Waals surface area contributed by atoms with Crippen molar-refractivity contribution in [3.63, 3.8) is 0 Å². The van der Waals surface area contributed by atoms with Gasteiger partial charge < -0.3 is 4.74 Å². The molecule has 148 valence electrons. The number of nitrogens with zero attached hydrogens (tertiary/aromatic N) is 2. The van der Waals surface area contributed by atoms with Gasteiger partial charge in [0.2, 0.25) is 0 Å². The Balaban J connectivity index is 1.69. The van der Waals surface area contributed by atoms with Gasteiger partial charge in [0.05, 0.1) is 16.9 Å². The third-order valence-corrected chi connectivity index (χ3v) is 6.76. The fourth-order valence-electron chi connectivity index (χ4n) is 3.02. The van der Waals surface area contributed by atoms with E-state index in [1.807, 2.05) is 35.7 Å². The monoisotopic (exact) mass is 425 g/mol. The molecular weight excluding hydrogens is 406 g/mol. The Morgan fingerprint density at radius 2 is 1.79 bits per heavy atom. The quantitative estimate of drug-likeness (QED) is 0.476. The Labute approximate surface area is 173 Å². The molecule has 8 heteroatoms. The van der Waals surface area contributed by atoms with E-state index in [4.69, 9.17) is 4.74 Å². The van der Waals surface area contributed by atoms with Crippen LogP contribution in [0.3, 0.4) is 0 Å². The van der Waals surface area contributed by atoms with Crippen molar-refractivity contribution < 1.29 is 13.2 Å². The molecule has 4 rings (SSSR count). The van der Waals surface area contributed by atoms with E-state index < -0.39 is 10.0 Å². The number of rotatable bonds is 7. The van der Waals surface area contributed by atoms with Crippen LogP contribution in [0.1, 0.15) is 5.56 Å². The van der Waals surface area contributed by atoms with Crippen LogP contribution in [0.2, 0.25) is 0 Å². The largest absolute Gasteiger partial charge is 0.384 e. The van der Waals surface area contributed by atoms with Crippen LogP contribution < -0.4 is 4.72 Å². The molecular formula is C21H19N3O3S2. The minimum absolute atomic E-state index is 0.182. The van der Waals surface area contributed by atoms with Crippen molar-refractivity contribution in [2.24, 2.45) is 0 Å². The molecule has 0 unspecified atom stereocenters. The second kappa shape index (κ2) is 8.28. The first kappa shape index (κ1) is 19.5. The number of hydrogen-bond acceptors (Lipinski definition) is 6. The van der Waals surface area contributed by atoms with E-state index in [1.54, 1.807) is 31.4 Å². The summed E-state index contributed by atoms with van der Waals surface area (Å²) in [7, 11) is -2.15. The lowest BCUT2D eigenvalue weighted by Gasteiger charge is -2.10. The van der Waals surface area contributed by atoms with Crippen molar-refractivity contribution in [3.05, 3.63) is 71.9 Å². The first-order valence-corrected chi connectivity index (χ1v) is 11.3. The number of thiophene rings is 1. The highest BCUT2D eigenvalue weighted by molar-refractivity contribution is 7.92. The Bertz CT molecular complexity index is 1220. The van der Waals surface area contributed by atoms with E-state index in [1.165, 1.54) is 17.7 Å². The van der Waals surface area contributed by atoms with Crippen molar-refractivity contribution in [3.8, 4) is 11.1 Å². The molecule has 0 aliphatic heterocycles. The van der Waals surface area contributed by atoms with E-state index in [2.05, 4.69) is 14.7 Å². The molecule has 6 nitrogen and oxygen atoms in total. The minimum atomic E-state index is -3.79. The van der Waals surface area contributed by atoms with E-state index in [0.29, 0.717) is 12.0 Å². The predicted octanol–water partition coefficient (Wildman–Crippen LogP) is 4.35. The number of hydrogen-bond donors (Lipinski definition) is 1. The van der Waals surface area contributed by atoms with Crippen molar-refractivity contribution in [1.29, 1.82) is 0 Å². The SMILES string of the molecule is COCCc1ccc(S(=O)(=O)Nc2ncnc3scc(-c4ccccc4)c23)cc1. The second-order valence-corrected chi connectivity index (χ2v) is 8.95. The average molecular weight is 426 g/mol. The number of sulfonamides is 1. The second-order valence-electron chi connectivity index (χ2n) is 6.41. The molecule has 2 aromatic carbocycles. The number of methoxy groups -OCH3 is 1. The van der Waals surface area contributed by atoms with Crippen LogP contribution in [0.4, 0.5) is 5.82 Å². The van der Waals surface area contributed by atoms with Crippen molar-refractivity contribution in [2.45, 2.75) is 11.3 Å². The van der Waals surface area contributed by atoms with E-state index in [9.17, 15) is 8.42 Å². The average Bonchev–Trinajstić information content (AvgIpc) is 3.18. The molecule has 0 aliphatic carbocycles. The van der Waals surface area contributed by atoms with Crippen molar-refractivity contribution in [1.82, 2.24) is 9.97 Å². The Hall–Kier alpha value is -2.81. The van der Waals surface area contributed by atoms with E-state index in [0.717, 1.165) is 27.9 Å². The number of anilines is 1. The molecule has 0 spiro atoms. The fraction of sp³-hybridized carbons (Fsp3) is 0.143. The minimum Gasteiger partial charge on any atom is -0.384 e. The maximum atomic E-state index is 12.9. The van der Waals surface area contributed by atoms with Crippen LogP contribution in [-0.2, 0) is 21.2 Å². The Kier molecular flexibility index (Phi) is 5.57.